The topological polar surface area (TPSA) is 57.6 Å². The van der Waals surface area contributed by atoms with Gasteiger partial charge in [0.15, 0.2) is 0 Å². The molecule has 0 aliphatic heterocycles. The zero-order valence-electron chi connectivity index (χ0n) is 13.6. The number of carbonyl (C=O) groups is 2. The molecule has 0 radical (unpaired) electrons. The quantitative estimate of drug-likeness (QED) is 0.920. The number of carboxylic acids is 1. The molecule has 0 unspecified atom stereocenters. The molecule has 1 N–H and O–H groups in total. The molecule has 0 aliphatic carbocycles. The average molecular weight is 311 g/mol. The molecule has 120 valence electrons. The molecule has 23 heavy (non-hydrogen) atoms. The Morgan fingerprint density at radius 2 is 1.70 bits per heavy atom. The maximum atomic E-state index is 12.5. The Bertz CT molecular complexity index is 707. The number of hydrogen-bond donors (Lipinski definition) is 1. The van der Waals surface area contributed by atoms with E-state index in [9.17, 15) is 9.59 Å². The lowest BCUT2D eigenvalue weighted by Gasteiger charge is -2.26. The summed E-state index contributed by atoms with van der Waals surface area (Å²) in [6.45, 7) is 4.04. The molecule has 2 aromatic carbocycles. The third-order valence-corrected chi connectivity index (χ3v) is 4.17. The van der Waals surface area contributed by atoms with Gasteiger partial charge in [-0.05, 0) is 42.7 Å². The number of aryl methyl sites for hydroxylation is 1. The Hall–Kier alpha value is -2.62. The summed E-state index contributed by atoms with van der Waals surface area (Å²) < 4.78 is 0. The van der Waals surface area contributed by atoms with E-state index in [1.165, 1.54) is 12.1 Å². The summed E-state index contributed by atoms with van der Waals surface area (Å²) >= 11 is 0. The molecule has 0 heterocycles. The van der Waals surface area contributed by atoms with Gasteiger partial charge in [0.25, 0.3) is 0 Å². The second-order valence-electron chi connectivity index (χ2n) is 5.72. The number of carboxylic acid groups (broad SMARTS) is 1. The van der Waals surface area contributed by atoms with Crippen molar-refractivity contribution in [1.82, 2.24) is 4.90 Å². The number of hydrogen-bond acceptors (Lipinski definition) is 2. The van der Waals surface area contributed by atoms with Gasteiger partial charge < -0.3 is 10.0 Å². The van der Waals surface area contributed by atoms with Crippen LogP contribution in [0.25, 0.3) is 0 Å². The first-order valence-electron chi connectivity index (χ1n) is 7.53. The van der Waals surface area contributed by atoms with Gasteiger partial charge in [-0.25, -0.2) is 4.79 Å². The molecule has 4 heteroatoms. The van der Waals surface area contributed by atoms with Crippen molar-refractivity contribution in [2.75, 3.05) is 7.05 Å². The number of rotatable bonds is 5. The third kappa shape index (κ3) is 3.97. The fourth-order valence-electron chi connectivity index (χ4n) is 2.54. The van der Waals surface area contributed by atoms with Crippen LogP contribution >= 0.6 is 0 Å². The minimum Gasteiger partial charge on any atom is -0.478 e. The lowest BCUT2D eigenvalue weighted by molar-refractivity contribution is -0.131. The lowest BCUT2D eigenvalue weighted by Crippen LogP contribution is -2.31. The number of nitrogens with zero attached hydrogens (tertiary/aromatic N) is 1. The summed E-state index contributed by atoms with van der Waals surface area (Å²) in [6, 6.07) is 14.4. The van der Waals surface area contributed by atoms with Crippen LogP contribution in [0.5, 0.6) is 0 Å². The highest BCUT2D eigenvalue weighted by Gasteiger charge is 2.18. The van der Waals surface area contributed by atoms with E-state index in [0.29, 0.717) is 0 Å². The van der Waals surface area contributed by atoms with Gasteiger partial charge in [-0.15, -0.1) is 0 Å². The van der Waals surface area contributed by atoms with E-state index in [1.54, 1.807) is 24.1 Å². The fraction of sp³-hybridized carbons (Fsp3) is 0.263. The highest BCUT2D eigenvalue weighted by Crippen LogP contribution is 2.22. The van der Waals surface area contributed by atoms with Crippen LogP contribution in [0.3, 0.4) is 0 Å². The molecule has 0 spiro atoms. The molecule has 2 rings (SSSR count). The van der Waals surface area contributed by atoms with Crippen molar-refractivity contribution >= 4 is 11.9 Å². The molecule has 0 aromatic heterocycles. The third-order valence-electron chi connectivity index (χ3n) is 4.17. The molecule has 1 atom stereocenters. The molecule has 0 saturated carbocycles. The number of likely N-dealkylation sites (N-methyl/N-ethyl adjacent to an activating group) is 1. The zero-order chi connectivity index (χ0) is 17.0. The van der Waals surface area contributed by atoms with Crippen molar-refractivity contribution in [3.63, 3.8) is 0 Å². The van der Waals surface area contributed by atoms with Crippen molar-refractivity contribution in [3.05, 3.63) is 70.8 Å². The van der Waals surface area contributed by atoms with Crippen LogP contribution in [0.4, 0.5) is 0 Å². The Balaban J connectivity index is 2.07. The average Bonchev–Trinajstić information content (AvgIpc) is 2.54. The van der Waals surface area contributed by atoms with Crippen LogP contribution < -0.4 is 0 Å². The van der Waals surface area contributed by atoms with Crippen molar-refractivity contribution in [1.29, 1.82) is 0 Å². The molecule has 0 saturated heterocycles. The molecular weight excluding hydrogens is 290 g/mol. The predicted octanol–water partition coefficient (Wildman–Crippen LogP) is 3.46. The van der Waals surface area contributed by atoms with Crippen LogP contribution in [-0.2, 0) is 11.2 Å². The van der Waals surface area contributed by atoms with E-state index < -0.39 is 5.97 Å². The molecule has 4 nitrogen and oxygen atoms in total. The summed E-state index contributed by atoms with van der Waals surface area (Å²) in [5.41, 5.74) is 3.32. The minimum absolute atomic E-state index is 0.00354. The van der Waals surface area contributed by atoms with E-state index in [4.69, 9.17) is 5.11 Å². The first-order chi connectivity index (χ1) is 10.9. The summed E-state index contributed by atoms with van der Waals surface area (Å²) in [5, 5.41) is 8.90. The number of aromatic carboxylic acids is 1. The minimum atomic E-state index is -0.965. The molecule has 0 bridgehead atoms. The first-order valence-corrected chi connectivity index (χ1v) is 7.53. The van der Waals surface area contributed by atoms with E-state index in [0.717, 1.165) is 16.7 Å². The van der Waals surface area contributed by atoms with Crippen molar-refractivity contribution < 1.29 is 14.7 Å². The monoisotopic (exact) mass is 311 g/mol. The van der Waals surface area contributed by atoms with Gasteiger partial charge in [-0.2, -0.15) is 0 Å². The van der Waals surface area contributed by atoms with E-state index in [1.807, 2.05) is 38.1 Å². The fourth-order valence-corrected chi connectivity index (χ4v) is 2.54. The summed E-state index contributed by atoms with van der Waals surface area (Å²) in [7, 11) is 1.80. The van der Waals surface area contributed by atoms with Gasteiger partial charge in [0.2, 0.25) is 5.91 Å². The van der Waals surface area contributed by atoms with Crippen LogP contribution in [0.1, 0.15) is 40.0 Å². The first kappa shape index (κ1) is 16.7. The van der Waals surface area contributed by atoms with E-state index >= 15 is 0 Å². The predicted molar refractivity (Wildman–Crippen MR) is 89.5 cm³/mol. The van der Waals surface area contributed by atoms with Crippen molar-refractivity contribution in [2.24, 2.45) is 0 Å². The Kier molecular flexibility index (Phi) is 5.16. The molecule has 1 amide bonds. The highest BCUT2D eigenvalue weighted by atomic mass is 16.4. The Morgan fingerprint density at radius 1 is 1.09 bits per heavy atom. The Labute approximate surface area is 136 Å². The largest absolute Gasteiger partial charge is 0.478 e. The van der Waals surface area contributed by atoms with Crippen molar-refractivity contribution in [3.8, 4) is 0 Å². The smallest absolute Gasteiger partial charge is 0.335 e. The van der Waals surface area contributed by atoms with Gasteiger partial charge in [0, 0.05) is 7.05 Å². The number of amides is 1. The van der Waals surface area contributed by atoms with Crippen molar-refractivity contribution in [2.45, 2.75) is 26.3 Å². The summed E-state index contributed by atoms with van der Waals surface area (Å²) in [6.07, 6.45) is 0.257. The summed E-state index contributed by atoms with van der Waals surface area (Å²) in [4.78, 5) is 25.0. The maximum absolute atomic E-state index is 12.5. The molecule has 0 fully saturated rings. The second-order valence-corrected chi connectivity index (χ2v) is 5.72. The standard InChI is InChI=1S/C19H21NO3/c1-13-6-4-5-7-17(13)14(2)20(3)18(21)12-15-8-10-16(11-9-15)19(22)23/h4-11,14H,12H2,1-3H3,(H,22,23)/t14-/m0/s1. The zero-order valence-corrected chi connectivity index (χ0v) is 13.6. The normalized spacial score (nSPS) is 11.8. The molecular formula is C19H21NO3. The maximum Gasteiger partial charge on any atom is 0.335 e. The number of benzene rings is 2. The Morgan fingerprint density at radius 3 is 2.26 bits per heavy atom. The highest BCUT2D eigenvalue weighted by molar-refractivity contribution is 5.87. The van der Waals surface area contributed by atoms with Gasteiger partial charge in [-0.1, -0.05) is 36.4 Å². The van der Waals surface area contributed by atoms with Gasteiger partial charge in [0.05, 0.1) is 18.0 Å². The van der Waals surface area contributed by atoms with Gasteiger partial charge in [-0.3, -0.25) is 4.79 Å². The molecule has 2 aromatic rings. The van der Waals surface area contributed by atoms with E-state index in [2.05, 4.69) is 0 Å². The summed E-state index contributed by atoms with van der Waals surface area (Å²) in [5.74, 6) is -0.961. The SMILES string of the molecule is Cc1ccccc1[C@H](C)N(C)C(=O)Cc1ccc(C(=O)O)cc1. The lowest BCUT2D eigenvalue weighted by atomic mass is 10.0. The number of carbonyl (C=O) groups excluding carboxylic acids is 1. The van der Waals surface area contributed by atoms with Crippen LogP contribution in [0, 0.1) is 6.92 Å². The van der Waals surface area contributed by atoms with Crippen LogP contribution in [0.2, 0.25) is 0 Å². The second kappa shape index (κ2) is 7.09. The van der Waals surface area contributed by atoms with Gasteiger partial charge >= 0.3 is 5.97 Å². The van der Waals surface area contributed by atoms with Crippen LogP contribution in [-0.4, -0.2) is 28.9 Å². The molecule has 0 aliphatic rings. The van der Waals surface area contributed by atoms with Gasteiger partial charge in [0.1, 0.15) is 0 Å². The van der Waals surface area contributed by atoms with Crippen LogP contribution in [0.15, 0.2) is 48.5 Å². The van der Waals surface area contributed by atoms with E-state index in [-0.39, 0.29) is 23.9 Å².